The van der Waals surface area contributed by atoms with E-state index in [-0.39, 0.29) is 17.6 Å². The highest BCUT2D eigenvalue weighted by atomic mass is 16.5. The van der Waals surface area contributed by atoms with E-state index in [4.69, 9.17) is 20.9 Å². The number of hydrogen-bond acceptors (Lipinski definition) is 5. The molecule has 0 saturated carbocycles. The van der Waals surface area contributed by atoms with Gasteiger partial charge in [-0.1, -0.05) is 111 Å². The van der Waals surface area contributed by atoms with Crippen molar-refractivity contribution in [3.8, 4) is 11.5 Å². The summed E-state index contributed by atoms with van der Waals surface area (Å²) in [4.78, 5) is 29.7. The van der Waals surface area contributed by atoms with Gasteiger partial charge in [0, 0.05) is 24.1 Å². The van der Waals surface area contributed by atoms with Gasteiger partial charge < -0.3 is 26.3 Å². The number of nitrogens with two attached hydrogens (primary N) is 2. The zero-order valence-electron chi connectivity index (χ0n) is 26.3. The maximum atomic E-state index is 12.9. The average Bonchev–Trinajstić information content (AvgIpc) is 3.09. The van der Waals surface area contributed by atoms with Gasteiger partial charge in [-0.05, 0) is 48.2 Å². The van der Waals surface area contributed by atoms with Crippen LogP contribution in [0.3, 0.4) is 0 Å². The highest BCUT2D eigenvalue weighted by molar-refractivity contribution is 6.08. The highest BCUT2D eigenvalue weighted by Gasteiger charge is 2.18. The minimum atomic E-state index is -0.737. The number of ether oxygens (including phenoxy) is 2. The molecule has 46 heavy (non-hydrogen) atoms. The van der Waals surface area contributed by atoms with Crippen molar-refractivity contribution >= 4 is 17.6 Å². The number of nitrogens with zero attached hydrogens (tertiary/aromatic N) is 1. The molecule has 5 N–H and O–H groups in total. The summed E-state index contributed by atoms with van der Waals surface area (Å²) in [7, 11) is 0. The Labute approximate surface area is 271 Å². The monoisotopic (exact) mass is 620 g/mol. The molecule has 8 heteroatoms. The standard InChI is InChI=1S/C38H44N4O4/c39-38(40)42-35(27-29-17-19-32(20-18-29)36(43)31-15-9-6-10-16-31)37(44)41-25-11-3-1-2-4-12-26-45-33-21-23-34(24-22-33)46-28-30-13-7-5-8-14-30/h5-10,13-24,35H,1-4,11-12,25-28H2,(H,41,44)(H4,39,40,42)/t35-/m0/s1. The first-order valence-electron chi connectivity index (χ1n) is 15.9. The molecule has 0 bridgehead atoms. The van der Waals surface area contributed by atoms with Crippen molar-refractivity contribution in [3.05, 3.63) is 131 Å². The van der Waals surface area contributed by atoms with Gasteiger partial charge in [0.1, 0.15) is 24.1 Å². The smallest absolute Gasteiger partial charge is 0.245 e. The molecule has 4 aromatic carbocycles. The number of amides is 1. The van der Waals surface area contributed by atoms with Crippen molar-refractivity contribution in [1.29, 1.82) is 0 Å². The zero-order valence-corrected chi connectivity index (χ0v) is 26.3. The van der Waals surface area contributed by atoms with E-state index in [9.17, 15) is 9.59 Å². The third kappa shape index (κ3) is 11.8. The molecule has 0 aliphatic carbocycles. The topological polar surface area (TPSA) is 129 Å². The average molecular weight is 621 g/mol. The number of guanidine groups is 1. The number of carbonyl (C=O) groups excluding carboxylic acids is 2. The molecule has 4 aromatic rings. The number of carbonyl (C=O) groups is 2. The molecule has 240 valence electrons. The normalized spacial score (nSPS) is 11.3. The van der Waals surface area contributed by atoms with Gasteiger partial charge >= 0.3 is 0 Å². The van der Waals surface area contributed by atoms with Crippen molar-refractivity contribution in [2.45, 2.75) is 57.6 Å². The summed E-state index contributed by atoms with van der Waals surface area (Å²) in [5.74, 6) is 1.26. The van der Waals surface area contributed by atoms with Crippen LogP contribution in [0.4, 0.5) is 0 Å². The van der Waals surface area contributed by atoms with Gasteiger partial charge in [-0.3, -0.25) is 9.59 Å². The first kappa shape index (κ1) is 33.8. The van der Waals surface area contributed by atoms with Crippen LogP contribution in [-0.4, -0.2) is 36.8 Å². The van der Waals surface area contributed by atoms with E-state index in [1.807, 2.05) is 84.9 Å². The maximum Gasteiger partial charge on any atom is 0.245 e. The van der Waals surface area contributed by atoms with Crippen molar-refractivity contribution in [2.75, 3.05) is 13.2 Å². The predicted molar refractivity (Wildman–Crippen MR) is 183 cm³/mol. The van der Waals surface area contributed by atoms with Gasteiger partial charge in [0.2, 0.25) is 5.91 Å². The number of nitrogens with one attached hydrogen (secondary N) is 1. The van der Waals surface area contributed by atoms with Gasteiger partial charge in [0.15, 0.2) is 11.7 Å². The predicted octanol–water partition coefficient (Wildman–Crippen LogP) is 6.22. The van der Waals surface area contributed by atoms with Crippen LogP contribution < -0.4 is 26.3 Å². The van der Waals surface area contributed by atoms with E-state index in [2.05, 4.69) is 10.3 Å². The number of ketones is 1. The van der Waals surface area contributed by atoms with E-state index in [1.54, 1.807) is 24.3 Å². The Balaban J connectivity index is 1.06. The van der Waals surface area contributed by atoms with Crippen molar-refractivity contribution < 1.29 is 19.1 Å². The second-order valence-corrected chi connectivity index (χ2v) is 11.2. The summed E-state index contributed by atoms with van der Waals surface area (Å²) in [6.45, 7) is 1.79. The molecule has 0 aliphatic heterocycles. The summed E-state index contributed by atoms with van der Waals surface area (Å²) < 4.78 is 11.7. The lowest BCUT2D eigenvalue weighted by Crippen LogP contribution is -2.38. The third-order valence-electron chi connectivity index (χ3n) is 7.50. The summed E-state index contributed by atoms with van der Waals surface area (Å²) in [6, 6.07) is 33.4. The fraction of sp³-hybridized carbons (Fsp3) is 0.289. The Hall–Kier alpha value is -5.11. The molecule has 4 rings (SSSR count). The number of rotatable bonds is 19. The van der Waals surface area contributed by atoms with Crippen LogP contribution in [0.25, 0.3) is 0 Å². The van der Waals surface area contributed by atoms with E-state index in [0.29, 0.717) is 37.3 Å². The minimum absolute atomic E-state index is 0.0500. The second kappa shape index (κ2) is 18.6. The van der Waals surface area contributed by atoms with Crippen LogP contribution >= 0.6 is 0 Å². The van der Waals surface area contributed by atoms with Gasteiger partial charge in [-0.15, -0.1) is 0 Å². The van der Waals surface area contributed by atoms with Crippen LogP contribution in [0.5, 0.6) is 11.5 Å². The fourth-order valence-corrected chi connectivity index (χ4v) is 4.98. The molecule has 0 radical (unpaired) electrons. The van der Waals surface area contributed by atoms with Crippen molar-refractivity contribution in [2.24, 2.45) is 16.5 Å². The Morgan fingerprint density at radius 1 is 0.630 bits per heavy atom. The van der Waals surface area contributed by atoms with Crippen molar-refractivity contribution in [1.82, 2.24) is 5.32 Å². The van der Waals surface area contributed by atoms with Crippen LogP contribution in [0.1, 0.15) is 65.6 Å². The van der Waals surface area contributed by atoms with Crippen LogP contribution in [0.15, 0.2) is 114 Å². The van der Waals surface area contributed by atoms with E-state index in [1.165, 1.54) is 0 Å². The first-order valence-corrected chi connectivity index (χ1v) is 15.9. The van der Waals surface area contributed by atoms with Crippen molar-refractivity contribution in [3.63, 3.8) is 0 Å². The lowest BCUT2D eigenvalue weighted by molar-refractivity contribution is -0.122. The van der Waals surface area contributed by atoms with Gasteiger partial charge in [-0.2, -0.15) is 0 Å². The molecule has 8 nitrogen and oxygen atoms in total. The van der Waals surface area contributed by atoms with Crippen LogP contribution in [-0.2, 0) is 17.8 Å². The number of aliphatic imine (C=N–C) groups is 1. The SMILES string of the molecule is NC(N)=N[C@@H](Cc1ccc(C(=O)c2ccccc2)cc1)C(=O)NCCCCCCCCOc1ccc(OCc2ccccc2)cc1. The molecule has 0 aliphatic rings. The molecule has 0 saturated heterocycles. The largest absolute Gasteiger partial charge is 0.494 e. The maximum absolute atomic E-state index is 12.9. The molecule has 0 spiro atoms. The zero-order chi connectivity index (χ0) is 32.4. The molecule has 0 heterocycles. The number of hydrogen-bond donors (Lipinski definition) is 3. The summed E-state index contributed by atoms with van der Waals surface area (Å²) >= 11 is 0. The fourth-order valence-electron chi connectivity index (χ4n) is 4.98. The van der Waals surface area contributed by atoms with Crippen LogP contribution in [0.2, 0.25) is 0 Å². The summed E-state index contributed by atoms with van der Waals surface area (Å²) in [5.41, 5.74) is 14.4. The molecule has 1 amide bonds. The van der Waals surface area contributed by atoms with Gasteiger partial charge in [0.25, 0.3) is 0 Å². The van der Waals surface area contributed by atoms with Gasteiger partial charge in [0.05, 0.1) is 6.61 Å². The molecular weight excluding hydrogens is 576 g/mol. The molecule has 1 atom stereocenters. The molecule has 0 fully saturated rings. The van der Waals surface area contributed by atoms with E-state index in [0.717, 1.165) is 61.2 Å². The lowest BCUT2D eigenvalue weighted by Gasteiger charge is -2.14. The Morgan fingerprint density at radius 2 is 1.20 bits per heavy atom. The molecule has 0 unspecified atom stereocenters. The lowest BCUT2D eigenvalue weighted by atomic mass is 9.99. The highest BCUT2D eigenvalue weighted by Crippen LogP contribution is 2.19. The summed E-state index contributed by atoms with van der Waals surface area (Å²) in [6.07, 6.45) is 6.52. The second-order valence-electron chi connectivity index (χ2n) is 11.2. The van der Waals surface area contributed by atoms with Crippen LogP contribution in [0, 0.1) is 0 Å². The van der Waals surface area contributed by atoms with E-state index >= 15 is 0 Å². The number of unbranched alkanes of at least 4 members (excludes halogenated alkanes) is 5. The number of benzene rings is 4. The van der Waals surface area contributed by atoms with E-state index < -0.39 is 6.04 Å². The first-order chi connectivity index (χ1) is 22.5. The third-order valence-corrected chi connectivity index (χ3v) is 7.50. The quantitative estimate of drug-likeness (QED) is 0.0494. The Kier molecular flexibility index (Phi) is 13.7. The Bertz CT molecular complexity index is 1500. The summed E-state index contributed by atoms with van der Waals surface area (Å²) in [5, 5.41) is 2.97. The molecular formula is C38H44N4O4. The minimum Gasteiger partial charge on any atom is -0.494 e. The Morgan fingerprint density at radius 3 is 1.85 bits per heavy atom. The molecule has 0 aromatic heterocycles. The van der Waals surface area contributed by atoms with Gasteiger partial charge in [-0.25, -0.2) is 4.99 Å².